The fourth-order valence-electron chi connectivity index (χ4n) is 2.04. The van der Waals surface area contributed by atoms with Crippen LogP contribution in [0.2, 0.25) is 0 Å². The van der Waals surface area contributed by atoms with Crippen molar-refractivity contribution in [3.63, 3.8) is 0 Å². The highest BCUT2D eigenvalue weighted by molar-refractivity contribution is 5.98. The van der Waals surface area contributed by atoms with Gasteiger partial charge < -0.3 is 20.1 Å². The third kappa shape index (κ3) is 5.99. The van der Waals surface area contributed by atoms with Gasteiger partial charge in [0.15, 0.2) is 6.61 Å². The number of anilines is 2. The number of esters is 1. The van der Waals surface area contributed by atoms with Crippen LogP contribution < -0.4 is 20.7 Å². The molecule has 0 aliphatic heterocycles. The largest absolute Gasteiger partial charge is 0.494 e. The Labute approximate surface area is 156 Å². The first-order valence-electron chi connectivity index (χ1n) is 8.17. The molecule has 0 spiro atoms. The number of urea groups is 1. The van der Waals surface area contributed by atoms with Crippen LogP contribution in [0.4, 0.5) is 16.3 Å². The van der Waals surface area contributed by atoms with E-state index >= 15 is 0 Å². The average molecular weight is 372 g/mol. The van der Waals surface area contributed by atoms with E-state index in [9.17, 15) is 14.4 Å². The van der Waals surface area contributed by atoms with Crippen LogP contribution in [0.5, 0.6) is 5.75 Å². The predicted molar refractivity (Wildman–Crippen MR) is 98.0 cm³/mol. The molecule has 0 radical (unpaired) electrons. The Kier molecular flexibility index (Phi) is 7.12. The number of carbonyl (C=O) groups excluding carboxylic acids is 3. The molecule has 0 bridgehead atoms. The lowest BCUT2D eigenvalue weighted by molar-refractivity contribution is -0.123. The molecule has 1 aromatic carbocycles. The number of carbonyl (C=O) groups is 3. The molecule has 1 aromatic heterocycles. The Bertz CT molecular complexity index is 808. The summed E-state index contributed by atoms with van der Waals surface area (Å²) in [6, 6.07) is 9.55. The first kappa shape index (κ1) is 19.7. The molecule has 0 saturated carbocycles. The summed E-state index contributed by atoms with van der Waals surface area (Å²) < 4.78 is 10.3. The minimum absolute atomic E-state index is 0.152. The number of aromatic nitrogens is 1. The number of nitrogens with zero attached hydrogens (tertiary/aromatic N) is 1. The highest BCUT2D eigenvalue weighted by atomic mass is 16.5. The number of nitrogens with one attached hydrogen (secondary N) is 3. The summed E-state index contributed by atoms with van der Waals surface area (Å²) in [5, 5.41) is 7.24. The molecule has 9 nitrogen and oxygen atoms in total. The van der Waals surface area contributed by atoms with Gasteiger partial charge >= 0.3 is 12.0 Å². The molecular formula is C18H20N4O5. The standard InChI is InChI=1S/C18H20N4O5/c1-3-26-13-8-6-12(7-9-13)21-16-14(5-4-10-20-16)17(24)27-11-15(23)22-18(25)19-2/h4-10H,3,11H2,1-2H3,(H,20,21)(H2,19,22,23,25). The maximum atomic E-state index is 12.3. The molecule has 0 aliphatic rings. The van der Waals surface area contributed by atoms with Gasteiger partial charge in [-0.05, 0) is 43.3 Å². The molecule has 0 atom stereocenters. The summed E-state index contributed by atoms with van der Waals surface area (Å²) in [6.07, 6.45) is 1.52. The molecule has 2 aromatic rings. The number of benzene rings is 1. The molecule has 0 saturated heterocycles. The number of rotatable bonds is 7. The van der Waals surface area contributed by atoms with E-state index in [-0.39, 0.29) is 11.4 Å². The Morgan fingerprint density at radius 1 is 1.11 bits per heavy atom. The van der Waals surface area contributed by atoms with Crippen LogP contribution in [-0.2, 0) is 9.53 Å². The molecule has 3 amide bonds. The van der Waals surface area contributed by atoms with Gasteiger partial charge in [-0.15, -0.1) is 0 Å². The second-order valence-electron chi connectivity index (χ2n) is 5.19. The Hall–Kier alpha value is -3.62. The smallest absolute Gasteiger partial charge is 0.342 e. The zero-order valence-corrected chi connectivity index (χ0v) is 14.9. The van der Waals surface area contributed by atoms with Crippen LogP contribution in [0, 0.1) is 0 Å². The Morgan fingerprint density at radius 3 is 2.52 bits per heavy atom. The van der Waals surface area contributed by atoms with Gasteiger partial charge in [-0.2, -0.15) is 0 Å². The van der Waals surface area contributed by atoms with Gasteiger partial charge in [0.1, 0.15) is 17.1 Å². The fourth-order valence-corrected chi connectivity index (χ4v) is 2.04. The van der Waals surface area contributed by atoms with E-state index in [1.54, 1.807) is 30.3 Å². The van der Waals surface area contributed by atoms with Gasteiger partial charge in [0.05, 0.1) is 6.61 Å². The van der Waals surface area contributed by atoms with E-state index in [1.807, 2.05) is 12.2 Å². The minimum atomic E-state index is -0.747. The van der Waals surface area contributed by atoms with Gasteiger partial charge in [0.25, 0.3) is 5.91 Å². The monoisotopic (exact) mass is 372 g/mol. The number of pyridine rings is 1. The van der Waals surface area contributed by atoms with Crippen molar-refractivity contribution >= 4 is 29.4 Å². The molecule has 0 unspecified atom stereocenters. The van der Waals surface area contributed by atoms with Crippen molar-refractivity contribution < 1.29 is 23.9 Å². The van der Waals surface area contributed by atoms with E-state index in [1.165, 1.54) is 19.3 Å². The lowest BCUT2D eigenvalue weighted by Crippen LogP contribution is -2.39. The first-order valence-corrected chi connectivity index (χ1v) is 8.17. The maximum Gasteiger partial charge on any atom is 0.342 e. The molecule has 27 heavy (non-hydrogen) atoms. The van der Waals surface area contributed by atoms with Crippen LogP contribution in [0.25, 0.3) is 0 Å². The molecule has 0 aliphatic carbocycles. The lowest BCUT2D eigenvalue weighted by Gasteiger charge is -2.11. The predicted octanol–water partition coefficient (Wildman–Crippen LogP) is 1.84. The van der Waals surface area contributed by atoms with Gasteiger partial charge in [0, 0.05) is 18.9 Å². The topological polar surface area (TPSA) is 119 Å². The van der Waals surface area contributed by atoms with Crippen molar-refractivity contribution in [2.45, 2.75) is 6.92 Å². The molecule has 1 heterocycles. The third-order valence-corrected chi connectivity index (χ3v) is 3.27. The van der Waals surface area contributed by atoms with Gasteiger partial charge in [0.2, 0.25) is 0 Å². The van der Waals surface area contributed by atoms with E-state index in [0.29, 0.717) is 12.3 Å². The van der Waals surface area contributed by atoms with E-state index in [2.05, 4.69) is 15.6 Å². The van der Waals surface area contributed by atoms with Crippen molar-refractivity contribution in [1.29, 1.82) is 0 Å². The normalized spacial score (nSPS) is 9.85. The van der Waals surface area contributed by atoms with Crippen LogP contribution in [-0.4, -0.2) is 43.2 Å². The van der Waals surface area contributed by atoms with E-state index < -0.39 is 24.5 Å². The van der Waals surface area contributed by atoms with E-state index in [0.717, 1.165) is 5.75 Å². The Morgan fingerprint density at radius 2 is 1.85 bits per heavy atom. The van der Waals surface area contributed by atoms with Gasteiger partial charge in [-0.1, -0.05) is 0 Å². The van der Waals surface area contributed by atoms with Crippen LogP contribution in [0.15, 0.2) is 42.6 Å². The van der Waals surface area contributed by atoms with Gasteiger partial charge in [-0.25, -0.2) is 14.6 Å². The molecule has 2 rings (SSSR count). The summed E-state index contributed by atoms with van der Waals surface area (Å²) in [4.78, 5) is 39.0. The second kappa shape index (κ2) is 9.76. The molecule has 9 heteroatoms. The average Bonchev–Trinajstić information content (AvgIpc) is 2.68. The van der Waals surface area contributed by atoms with Crippen molar-refractivity contribution in [1.82, 2.24) is 15.6 Å². The molecular weight excluding hydrogens is 352 g/mol. The summed E-state index contributed by atoms with van der Waals surface area (Å²) in [7, 11) is 1.36. The summed E-state index contributed by atoms with van der Waals surface area (Å²) in [6.45, 7) is 1.87. The SMILES string of the molecule is CCOc1ccc(Nc2ncccc2C(=O)OCC(=O)NC(=O)NC)cc1. The summed E-state index contributed by atoms with van der Waals surface area (Å²) in [5.74, 6) is -0.486. The number of imide groups is 1. The Balaban J connectivity index is 2.02. The number of hydrogen-bond acceptors (Lipinski definition) is 7. The van der Waals surface area contributed by atoms with Crippen molar-refractivity contribution in [3.8, 4) is 5.75 Å². The van der Waals surface area contributed by atoms with E-state index in [4.69, 9.17) is 9.47 Å². The summed E-state index contributed by atoms with van der Waals surface area (Å²) >= 11 is 0. The first-order chi connectivity index (χ1) is 13.0. The maximum absolute atomic E-state index is 12.3. The zero-order valence-electron chi connectivity index (χ0n) is 14.9. The fraction of sp³-hybridized carbons (Fsp3) is 0.222. The minimum Gasteiger partial charge on any atom is -0.494 e. The quantitative estimate of drug-likeness (QED) is 0.635. The van der Waals surface area contributed by atoms with Crippen LogP contribution >= 0.6 is 0 Å². The lowest BCUT2D eigenvalue weighted by atomic mass is 10.2. The zero-order chi connectivity index (χ0) is 19.6. The van der Waals surface area contributed by atoms with Crippen LogP contribution in [0.1, 0.15) is 17.3 Å². The number of ether oxygens (including phenoxy) is 2. The molecule has 3 N–H and O–H groups in total. The highest BCUT2D eigenvalue weighted by Crippen LogP contribution is 2.21. The molecule has 142 valence electrons. The van der Waals surface area contributed by atoms with Crippen LogP contribution in [0.3, 0.4) is 0 Å². The summed E-state index contributed by atoms with van der Waals surface area (Å²) in [5.41, 5.74) is 0.850. The third-order valence-electron chi connectivity index (χ3n) is 3.27. The van der Waals surface area contributed by atoms with Gasteiger partial charge in [-0.3, -0.25) is 10.1 Å². The number of hydrogen-bond donors (Lipinski definition) is 3. The molecule has 0 fully saturated rings. The van der Waals surface area contributed by atoms with Crippen molar-refractivity contribution in [2.24, 2.45) is 0 Å². The highest BCUT2D eigenvalue weighted by Gasteiger charge is 2.16. The van der Waals surface area contributed by atoms with Crippen molar-refractivity contribution in [2.75, 3.05) is 25.6 Å². The van der Waals surface area contributed by atoms with Crippen molar-refractivity contribution in [3.05, 3.63) is 48.2 Å². The second-order valence-corrected chi connectivity index (χ2v) is 5.19. The number of amides is 3.